The molecule has 0 radical (unpaired) electrons. The van der Waals surface area contributed by atoms with E-state index < -0.39 is 0 Å². The molecule has 0 saturated heterocycles. The average Bonchev–Trinajstić information content (AvgIpc) is 2.77. The second-order valence-electron chi connectivity index (χ2n) is 6.73. The minimum atomic E-state index is -0.214. The van der Waals surface area contributed by atoms with Crippen molar-refractivity contribution in [2.24, 2.45) is 0 Å². The number of hydrogen-bond acceptors (Lipinski definition) is 3. The Bertz CT molecular complexity index is 1070. The maximum atomic E-state index is 12.6. The third kappa shape index (κ3) is 4.04. The predicted octanol–water partition coefficient (Wildman–Crippen LogP) is 4.01. The van der Waals surface area contributed by atoms with Gasteiger partial charge < -0.3 is 15.0 Å². The van der Waals surface area contributed by atoms with E-state index in [1.165, 1.54) is 0 Å². The van der Waals surface area contributed by atoms with Gasteiger partial charge in [-0.05, 0) is 41.5 Å². The molecule has 5 nitrogen and oxygen atoms in total. The van der Waals surface area contributed by atoms with Gasteiger partial charge in [0.25, 0.3) is 11.8 Å². The maximum Gasteiger partial charge on any atom is 0.293 e. The molecule has 1 N–H and O–H groups in total. The third-order valence-electron chi connectivity index (χ3n) is 4.73. The highest BCUT2D eigenvalue weighted by molar-refractivity contribution is 6.09. The molecule has 0 spiro atoms. The number of amides is 2. The topological polar surface area (TPSA) is 58.6 Å². The highest BCUT2D eigenvalue weighted by Gasteiger charge is 2.27. The molecule has 0 fully saturated rings. The maximum absolute atomic E-state index is 12.6. The van der Waals surface area contributed by atoms with E-state index in [-0.39, 0.29) is 17.6 Å². The number of hydrogen-bond donors (Lipinski definition) is 1. The first-order chi connectivity index (χ1) is 14.1. The van der Waals surface area contributed by atoms with Gasteiger partial charge in [0.1, 0.15) is 0 Å². The van der Waals surface area contributed by atoms with Crippen molar-refractivity contribution in [3.63, 3.8) is 0 Å². The molecule has 1 heterocycles. The number of rotatable bonds is 4. The number of nitrogens with zero attached hydrogens (tertiary/aromatic N) is 1. The summed E-state index contributed by atoms with van der Waals surface area (Å²) < 4.78 is 5.77. The molecule has 3 aromatic rings. The molecule has 29 heavy (non-hydrogen) atoms. The Morgan fingerprint density at radius 2 is 1.66 bits per heavy atom. The van der Waals surface area contributed by atoms with Crippen LogP contribution in [0, 0.1) is 0 Å². The third-order valence-corrected chi connectivity index (χ3v) is 4.73. The first-order valence-corrected chi connectivity index (χ1v) is 9.30. The molecule has 0 unspecified atom stereocenters. The van der Waals surface area contributed by atoms with Gasteiger partial charge in [-0.2, -0.15) is 0 Å². The first kappa shape index (κ1) is 18.5. The number of ether oxygens (including phenoxy) is 1. The molecule has 144 valence electrons. The lowest BCUT2D eigenvalue weighted by molar-refractivity contribution is -0.117. The van der Waals surface area contributed by atoms with Crippen LogP contribution in [0.3, 0.4) is 0 Å². The SMILES string of the molecule is CN1C(=O)C(=Cc2ccc(C(=O)NCc3ccccc3)cc2)Oc2ccccc21. The van der Waals surface area contributed by atoms with Crippen molar-refractivity contribution in [2.45, 2.75) is 6.54 Å². The lowest BCUT2D eigenvalue weighted by Gasteiger charge is -2.27. The van der Waals surface area contributed by atoms with Crippen LogP contribution in [0.1, 0.15) is 21.5 Å². The van der Waals surface area contributed by atoms with Gasteiger partial charge in [-0.3, -0.25) is 9.59 Å². The normalized spacial score (nSPS) is 14.3. The lowest BCUT2D eigenvalue weighted by atomic mass is 10.1. The van der Waals surface area contributed by atoms with Gasteiger partial charge in [-0.15, -0.1) is 0 Å². The van der Waals surface area contributed by atoms with Crippen LogP contribution < -0.4 is 15.0 Å². The van der Waals surface area contributed by atoms with E-state index in [1.54, 1.807) is 42.3 Å². The van der Waals surface area contributed by atoms with Crippen LogP contribution in [0.2, 0.25) is 0 Å². The summed E-state index contributed by atoms with van der Waals surface area (Å²) in [5, 5.41) is 2.90. The molecule has 0 bridgehead atoms. The van der Waals surface area contributed by atoms with E-state index in [0.717, 1.165) is 16.8 Å². The molecule has 4 rings (SSSR count). The molecule has 0 saturated carbocycles. The molecule has 0 aliphatic carbocycles. The van der Waals surface area contributed by atoms with Gasteiger partial charge in [0.2, 0.25) is 0 Å². The largest absolute Gasteiger partial charge is 0.449 e. The highest BCUT2D eigenvalue weighted by atomic mass is 16.5. The van der Waals surface area contributed by atoms with Crippen LogP contribution in [0.25, 0.3) is 6.08 Å². The monoisotopic (exact) mass is 384 g/mol. The van der Waals surface area contributed by atoms with Gasteiger partial charge in [-0.1, -0.05) is 54.6 Å². The number of nitrogens with one attached hydrogen (secondary N) is 1. The summed E-state index contributed by atoms with van der Waals surface area (Å²) in [4.78, 5) is 26.5. The van der Waals surface area contributed by atoms with E-state index in [9.17, 15) is 9.59 Å². The molecule has 1 aliphatic heterocycles. The van der Waals surface area contributed by atoms with Crippen LogP contribution in [0.5, 0.6) is 5.75 Å². The number of anilines is 1. The Morgan fingerprint density at radius 1 is 0.966 bits per heavy atom. The van der Waals surface area contributed by atoms with E-state index in [1.807, 2.05) is 54.6 Å². The summed E-state index contributed by atoms with van der Waals surface area (Å²) in [7, 11) is 1.72. The Morgan fingerprint density at radius 3 is 2.41 bits per heavy atom. The number of benzene rings is 3. The van der Waals surface area contributed by atoms with Crippen molar-refractivity contribution < 1.29 is 14.3 Å². The number of likely N-dealkylation sites (N-methyl/N-ethyl adjacent to an activating group) is 1. The first-order valence-electron chi connectivity index (χ1n) is 9.30. The summed E-state index contributed by atoms with van der Waals surface area (Å²) in [5.41, 5.74) is 3.11. The summed E-state index contributed by atoms with van der Waals surface area (Å²) >= 11 is 0. The Hall–Kier alpha value is -3.86. The van der Waals surface area contributed by atoms with Crippen LogP contribution in [0.4, 0.5) is 5.69 Å². The van der Waals surface area contributed by atoms with Gasteiger partial charge in [0.15, 0.2) is 11.5 Å². The van der Waals surface area contributed by atoms with Crippen molar-refractivity contribution in [3.05, 3.63) is 101 Å². The summed E-state index contributed by atoms with van der Waals surface area (Å²) in [6.07, 6.45) is 1.68. The van der Waals surface area contributed by atoms with E-state index in [0.29, 0.717) is 17.9 Å². The second kappa shape index (κ2) is 8.02. The molecule has 2 amide bonds. The lowest BCUT2D eigenvalue weighted by Crippen LogP contribution is -2.33. The second-order valence-corrected chi connectivity index (χ2v) is 6.73. The van der Waals surface area contributed by atoms with E-state index >= 15 is 0 Å². The van der Waals surface area contributed by atoms with Gasteiger partial charge >= 0.3 is 0 Å². The molecule has 3 aromatic carbocycles. The average molecular weight is 384 g/mol. The Kier molecular flexibility index (Phi) is 5.12. The van der Waals surface area contributed by atoms with Gasteiger partial charge in [0.05, 0.1) is 5.69 Å². The number of para-hydroxylation sites is 2. The summed E-state index contributed by atoms with van der Waals surface area (Å²) in [6, 6.07) is 24.2. The quantitative estimate of drug-likeness (QED) is 0.692. The molecular weight excluding hydrogens is 364 g/mol. The molecule has 1 aliphatic rings. The van der Waals surface area contributed by atoms with Crippen molar-refractivity contribution >= 4 is 23.6 Å². The van der Waals surface area contributed by atoms with Crippen LogP contribution in [-0.4, -0.2) is 18.9 Å². The highest BCUT2D eigenvalue weighted by Crippen LogP contribution is 2.34. The molecule has 5 heteroatoms. The van der Waals surface area contributed by atoms with Crippen molar-refractivity contribution in [1.29, 1.82) is 0 Å². The predicted molar refractivity (Wildman–Crippen MR) is 113 cm³/mol. The fraction of sp³-hybridized carbons (Fsp3) is 0.0833. The van der Waals surface area contributed by atoms with Crippen molar-refractivity contribution in [3.8, 4) is 5.75 Å². The molecular formula is C24H20N2O3. The van der Waals surface area contributed by atoms with E-state index in [4.69, 9.17) is 4.74 Å². The van der Waals surface area contributed by atoms with Gasteiger partial charge in [0, 0.05) is 19.2 Å². The fourth-order valence-electron chi connectivity index (χ4n) is 3.11. The number of carbonyl (C=O) groups excluding carboxylic acids is 2. The van der Waals surface area contributed by atoms with Gasteiger partial charge in [-0.25, -0.2) is 0 Å². The summed E-state index contributed by atoms with van der Waals surface area (Å²) in [6.45, 7) is 0.472. The molecule has 0 atom stereocenters. The zero-order valence-corrected chi connectivity index (χ0v) is 16.0. The smallest absolute Gasteiger partial charge is 0.293 e. The summed E-state index contributed by atoms with van der Waals surface area (Å²) in [5.74, 6) is 0.519. The Labute approximate surface area is 169 Å². The standard InChI is InChI=1S/C24H20N2O3/c1-26-20-9-5-6-10-21(20)29-22(24(26)28)15-17-11-13-19(14-12-17)23(27)25-16-18-7-3-2-4-8-18/h2-15H,16H2,1H3,(H,25,27). The zero-order chi connectivity index (χ0) is 20.2. The number of fused-ring (bicyclic) bond motifs is 1. The minimum Gasteiger partial charge on any atom is -0.449 e. The fourth-order valence-corrected chi connectivity index (χ4v) is 3.11. The Balaban J connectivity index is 1.47. The van der Waals surface area contributed by atoms with Crippen molar-refractivity contribution in [1.82, 2.24) is 5.32 Å². The molecule has 0 aromatic heterocycles. The zero-order valence-electron chi connectivity index (χ0n) is 16.0. The van der Waals surface area contributed by atoms with Crippen LogP contribution in [-0.2, 0) is 11.3 Å². The minimum absolute atomic E-state index is 0.147. The van der Waals surface area contributed by atoms with Crippen molar-refractivity contribution in [2.75, 3.05) is 11.9 Å². The van der Waals surface area contributed by atoms with E-state index in [2.05, 4.69) is 5.32 Å². The van der Waals surface area contributed by atoms with Crippen LogP contribution in [0.15, 0.2) is 84.6 Å². The van der Waals surface area contributed by atoms with Crippen LogP contribution >= 0.6 is 0 Å². The number of carbonyl (C=O) groups is 2.